The molecule has 4 nitrogen and oxygen atoms in total. The van der Waals surface area contributed by atoms with E-state index < -0.39 is 0 Å². The van der Waals surface area contributed by atoms with E-state index in [-0.39, 0.29) is 0 Å². The Morgan fingerprint density at radius 1 is 0.477 bits per heavy atom. The molecule has 0 atom stereocenters. The molecule has 7 aromatic carbocycles. The molecule has 1 aliphatic heterocycles. The van der Waals surface area contributed by atoms with E-state index >= 15 is 0 Å². The Kier molecular flexibility index (Phi) is 4.69. The van der Waals surface area contributed by atoms with Crippen LogP contribution in [0.25, 0.3) is 76.8 Å². The average molecular weight is 562 g/mol. The first-order valence-corrected chi connectivity index (χ1v) is 14.8. The van der Waals surface area contributed by atoms with Gasteiger partial charge in [0.15, 0.2) is 5.58 Å². The zero-order chi connectivity index (χ0) is 28.8. The summed E-state index contributed by atoms with van der Waals surface area (Å²) in [6.45, 7) is 0. The molecule has 0 amide bonds. The van der Waals surface area contributed by atoms with Crippen LogP contribution in [0.1, 0.15) is 0 Å². The maximum Gasteiger partial charge on any atom is 0.236 e. The van der Waals surface area contributed by atoms with E-state index in [9.17, 15) is 0 Å². The molecule has 4 heteroatoms. The van der Waals surface area contributed by atoms with Gasteiger partial charge in [0.05, 0.1) is 11.4 Å². The van der Waals surface area contributed by atoms with Crippen molar-refractivity contribution in [2.75, 3.05) is 4.90 Å². The molecule has 9 aromatic rings. The van der Waals surface area contributed by atoms with Gasteiger partial charge in [-0.05, 0) is 56.8 Å². The standard InChI is InChI=1S/C40H23N3O/c1-3-15-27-24(10-1)12-7-18-29(27)37-39-38(30-17-5-6-21-34(30)44-39)42-40(41-37)43-32-20-9-14-26-13-8-19-31(35(26)32)36-28-16-4-2-11-25(28)22-23-33(36)43/h1-23H. The smallest absolute Gasteiger partial charge is 0.236 e. The summed E-state index contributed by atoms with van der Waals surface area (Å²) in [7, 11) is 0. The molecule has 0 N–H and O–H groups in total. The van der Waals surface area contributed by atoms with E-state index in [0.29, 0.717) is 11.5 Å². The fourth-order valence-corrected chi connectivity index (χ4v) is 7.08. The van der Waals surface area contributed by atoms with Crippen molar-refractivity contribution in [3.05, 3.63) is 140 Å². The number of hydrogen-bond acceptors (Lipinski definition) is 4. The number of rotatable bonds is 2. The molecule has 1 aliphatic rings. The summed E-state index contributed by atoms with van der Waals surface area (Å²) >= 11 is 0. The van der Waals surface area contributed by atoms with Crippen LogP contribution in [0.4, 0.5) is 17.3 Å². The number of para-hydroxylation sites is 1. The van der Waals surface area contributed by atoms with Crippen LogP contribution in [-0.2, 0) is 0 Å². The van der Waals surface area contributed by atoms with Gasteiger partial charge in [0.2, 0.25) is 5.95 Å². The lowest BCUT2D eigenvalue weighted by atomic mass is 9.88. The van der Waals surface area contributed by atoms with Crippen molar-refractivity contribution in [1.82, 2.24) is 9.97 Å². The Bertz CT molecular complexity index is 2620. The minimum atomic E-state index is 0.616. The first kappa shape index (κ1) is 23.6. The summed E-state index contributed by atoms with van der Waals surface area (Å²) in [5, 5.41) is 8.06. The Hall–Kier alpha value is -6.00. The summed E-state index contributed by atoms with van der Waals surface area (Å²) in [6, 6.07) is 49.0. The first-order chi connectivity index (χ1) is 21.8. The fourth-order valence-electron chi connectivity index (χ4n) is 7.08. The van der Waals surface area contributed by atoms with Crippen LogP contribution in [0.3, 0.4) is 0 Å². The second kappa shape index (κ2) is 8.76. The number of anilines is 3. The van der Waals surface area contributed by atoms with Gasteiger partial charge in [-0.3, -0.25) is 4.90 Å². The van der Waals surface area contributed by atoms with Gasteiger partial charge in [0, 0.05) is 21.9 Å². The molecule has 3 heterocycles. The Morgan fingerprint density at radius 3 is 2.00 bits per heavy atom. The summed E-state index contributed by atoms with van der Waals surface area (Å²) in [5.74, 6) is 0.616. The van der Waals surface area contributed by atoms with E-state index in [1.807, 2.05) is 18.2 Å². The van der Waals surface area contributed by atoms with Crippen LogP contribution in [-0.4, -0.2) is 9.97 Å². The molecule has 204 valence electrons. The third kappa shape index (κ3) is 3.17. The number of furan rings is 1. The molecule has 44 heavy (non-hydrogen) atoms. The van der Waals surface area contributed by atoms with Crippen molar-refractivity contribution in [2.45, 2.75) is 0 Å². The Labute approximate surface area is 252 Å². The SMILES string of the molecule is c1ccc2c(-c3nc(N4c5ccc6ccccc6c5-c5cccc6cccc4c56)nc4c3oc3ccccc34)cccc2c1. The molecule has 0 radical (unpaired) electrons. The lowest BCUT2D eigenvalue weighted by Crippen LogP contribution is -2.18. The van der Waals surface area contributed by atoms with Crippen LogP contribution in [0.2, 0.25) is 0 Å². The van der Waals surface area contributed by atoms with E-state index in [4.69, 9.17) is 14.4 Å². The summed E-state index contributed by atoms with van der Waals surface area (Å²) in [6.07, 6.45) is 0. The molecule has 0 saturated heterocycles. The number of aromatic nitrogens is 2. The zero-order valence-corrected chi connectivity index (χ0v) is 23.5. The van der Waals surface area contributed by atoms with Crippen molar-refractivity contribution in [3.8, 4) is 22.4 Å². The highest BCUT2D eigenvalue weighted by atomic mass is 16.3. The number of hydrogen-bond donors (Lipinski definition) is 0. The lowest BCUT2D eigenvalue weighted by Gasteiger charge is -2.32. The molecular formula is C40H23N3O. The Morgan fingerprint density at radius 2 is 1.14 bits per heavy atom. The van der Waals surface area contributed by atoms with E-state index in [0.717, 1.165) is 49.9 Å². The second-order valence-electron chi connectivity index (χ2n) is 11.4. The predicted octanol–water partition coefficient (Wildman–Crippen LogP) is 11.0. The quantitative estimate of drug-likeness (QED) is 0.211. The van der Waals surface area contributed by atoms with Gasteiger partial charge < -0.3 is 4.42 Å². The van der Waals surface area contributed by atoms with Crippen LogP contribution >= 0.6 is 0 Å². The van der Waals surface area contributed by atoms with E-state index in [2.05, 4.69) is 126 Å². The van der Waals surface area contributed by atoms with Crippen molar-refractivity contribution in [2.24, 2.45) is 0 Å². The molecule has 0 unspecified atom stereocenters. The first-order valence-electron chi connectivity index (χ1n) is 14.8. The van der Waals surface area contributed by atoms with Crippen molar-refractivity contribution in [1.29, 1.82) is 0 Å². The minimum absolute atomic E-state index is 0.616. The van der Waals surface area contributed by atoms with Gasteiger partial charge in [-0.2, -0.15) is 0 Å². The van der Waals surface area contributed by atoms with Crippen molar-refractivity contribution in [3.63, 3.8) is 0 Å². The zero-order valence-electron chi connectivity index (χ0n) is 23.5. The topological polar surface area (TPSA) is 42.2 Å². The van der Waals surface area contributed by atoms with Gasteiger partial charge in [0.1, 0.15) is 16.8 Å². The fraction of sp³-hybridized carbons (Fsp3) is 0. The van der Waals surface area contributed by atoms with Crippen LogP contribution in [0, 0.1) is 0 Å². The summed E-state index contributed by atoms with van der Waals surface area (Å²) in [5.41, 5.74) is 8.65. The molecule has 2 aromatic heterocycles. The van der Waals surface area contributed by atoms with Crippen LogP contribution < -0.4 is 4.90 Å². The lowest BCUT2D eigenvalue weighted by molar-refractivity contribution is 0.667. The van der Waals surface area contributed by atoms with Gasteiger partial charge in [-0.1, -0.05) is 115 Å². The van der Waals surface area contributed by atoms with E-state index in [1.165, 1.54) is 32.7 Å². The molecule has 10 rings (SSSR count). The van der Waals surface area contributed by atoms with Gasteiger partial charge in [-0.25, -0.2) is 9.97 Å². The molecule has 0 saturated carbocycles. The average Bonchev–Trinajstić information content (AvgIpc) is 3.46. The molecule has 0 bridgehead atoms. The highest BCUT2D eigenvalue weighted by molar-refractivity contribution is 6.19. The third-order valence-corrected chi connectivity index (χ3v) is 8.99. The number of fused-ring (bicyclic) bond motifs is 8. The normalized spacial score (nSPS) is 12.5. The summed E-state index contributed by atoms with van der Waals surface area (Å²) in [4.78, 5) is 13.0. The molecule has 0 spiro atoms. The van der Waals surface area contributed by atoms with E-state index in [1.54, 1.807) is 0 Å². The second-order valence-corrected chi connectivity index (χ2v) is 11.4. The van der Waals surface area contributed by atoms with Crippen LogP contribution in [0.5, 0.6) is 0 Å². The Balaban J connectivity index is 1.37. The molecular weight excluding hydrogens is 538 g/mol. The third-order valence-electron chi connectivity index (χ3n) is 8.99. The maximum absolute atomic E-state index is 6.53. The van der Waals surface area contributed by atoms with Gasteiger partial charge in [-0.15, -0.1) is 0 Å². The van der Waals surface area contributed by atoms with Crippen molar-refractivity contribution >= 4 is 71.7 Å². The largest absolute Gasteiger partial charge is 0.452 e. The molecule has 0 aliphatic carbocycles. The highest BCUT2D eigenvalue weighted by Crippen LogP contribution is 2.53. The minimum Gasteiger partial charge on any atom is -0.452 e. The van der Waals surface area contributed by atoms with Crippen LogP contribution in [0.15, 0.2) is 144 Å². The predicted molar refractivity (Wildman–Crippen MR) is 181 cm³/mol. The maximum atomic E-state index is 6.53. The van der Waals surface area contributed by atoms with Gasteiger partial charge in [0.25, 0.3) is 0 Å². The number of benzene rings is 7. The summed E-state index contributed by atoms with van der Waals surface area (Å²) < 4.78 is 6.53. The monoisotopic (exact) mass is 561 g/mol. The van der Waals surface area contributed by atoms with Crippen molar-refractivity contribution < 1.29 is 4.42 Å². The number of nitrogens with zero attached hydrogens (tertiary/aromatic N) is 3. The van der Waals surface area contributed by atoms with Gasteiger partial charge >= 0.3 is 0 Å². The highest BCUT2D eigenvalue weighted by Gasteiger charge is 2.30. The molecule has 0 fully saturated rings.